The lowest BCUT2D eigenvalue weighted by molar-refractivity contribution is 0.594. The molecule has 0 radical (unpaired) electrons. The minimum atomic E-state index is -3.08. The van der Waals surface area contributed by atoms with Crippen molar-refractivity contribution < 1.29 is 8.42 Å². The number of hydrogen-bond donors (Lipinski definition) is 1. The number of rotatable bonds is 3. The lowest BCUT2D eigenvalue weighted by atomic mass is 10.1. The number of para-hydroxylation sites is 1. The van der Waals surface area contributed by atoms with Gasteiger partial charge in [-0.15, -0.1) is 0 Å². The van der Waals surface area contributed by atoms with Crippen LogP contribution in [-0.4, -0.2) is 25.4 Å². The Morgan fingerprint density at radius 2 is 2.06 bits per heavy atom. The molecule has 0 saturated heterocycles. The summed E-state index contributed by atoms with van der Waals surface area (Å²) in [5, 5.41) is 0.967. The first-order valence-electron chi connectivity index (χ1n) is 5.24. The molecule has 0 amide bonds. The predicted octanol–water partition coefficient (Wildman–Crippen LogP) is 1.28. The van der Waals surface area contributed by atoms with Gasteiger partial charge in [-0.05, 0) is 17.7 Å². The molecule has 1 heterocycles. The number of nitrogens with zero attached hydrogens (tertiary/aromatic N) is 1. The summed E-state index contributed by atoms with van der Waals surface area (Å²) < 4.78 is 22.4. The first-order chi connectivity index (χ1) is 7.96. The fraction of sp³-hybridized carbons (Fsp3) is 0.250. The van der Waals surface area contributed by atoms with Crippen LogP contribution >= 0.6 is 0 Å². The van der Waals surface area contributed by atoms with Gasteiger partial charge in [0.15, 0.2) is 0 Å². The molecule has 4 nitrogen and oxygen atoms in total. The first-order valence-corrected chi connectivity index (χ1v) is 7.30. The van der Waals surface area contributed by atoms with Crippen LogP contribution in [0.5, 0.6) is 0 Å². The molecule has 2 N–H and O–H groups in total. The number of aromatic nitrogens is 1. The number of fused-ring (bicyclic) bond motifs is 1. The summed E-state index contributed by atoms with van der Waals surface area (Å²) >= 11 is 0. The van der Waals surface area contributed by atoms with E-state index in [1.807, 2.05) is 30.3 Å². The molecule has 2 rings (SSSR count). The molecule has 1 unspecified atom stereocenters. The highest BCUT2D eigenvalue weighted by Gasteiger charge is 2.13. The second-order valence-electron chi connectivity index (χ2n) is 4.16. The minimum absolute atomic E-state index is 0.0625. The minimum Gasteiger partial charge on any atom is -0.323 e. The molecule has 90 valence electrons. The van der Waals surface area contributed by atoms with Crippen molar-refractivity contribution in [1.82, 2.24) is 4.98 Å². The number of benzene rings is 1. The maximum absolute atomic E-state index is 11.2. The molecule has 5 heteroatoms. The van der Waals surface area contributed by atoms with Crippen LogP contribution in [0, 0.1) is 0 Å². The number of nitrogens with two attached hydrogens (primary N) is 1. The van der Waals surface area contributed by atoms with Crippen molar-refractivity contribution in [3.8, 4) is 0 Å². The second-order valence-corrected chi connectivity index (χ2v) is 6.35. The fourth-order valence-electron chi connectivity index (χ4n) is 1.71. The molecule has 0 aliphatic heterocycles. The van der Waals surface area contributed by atoms with Crippen LogP contribution in [0.3, 0.4) is 0 Å². The molecule has 1 aromatic carbocycles. The van der Waals surface area contributed by atoms with Crippen molar-refractivity contribution in [3.63, 3.8) is 0 Å². The van der Waals surface area contributed by atoms with Crippen LogP contribution in [0.15, 0.2) is 36.5 Å². The van der Waals surface area contributed by atoms with E-state index >= 15 is 0 Å². The van der Waals surface area contributed by atoms with Crippen LogP contribution in [-0.2, 0) is 9.84 Å². The van der Waals surface area contributed by atoms with E-state index in [9.17, 15) is 8.42 Å². The Morgan fingerprint density at radius 1 is 1.35 bits per heavy atom. The van der Waals surface area contributed by atoms with E-state index < -0.39 is 15.9 Å². The maximum Gasteiger partial charge on any atom is 0.149 e. The van der Waals surface area contributed by atoms with Crippen molar-refractivity contribution >= 4 is 20.7 Å². The van der Waals surface area contributed by atoms with Gasteiger partial charge in [0.2, 0.25) is 0 Å². The van der Waals surface area contributed by atoms with Gasteiger partial charge >= 0.3 is 0 Å². The molecule has 1 aromatic heterocycles. The molecule has 0 aliphatic carbocycles. The quantitative estimate of drug-likeness (QED) is 0.890. The second kappa shape index (κ2) is 4.43. The SMILES string of the molecule is CS(=O)(=O)CC(N)c1cnc2ccccc2c1. The van der Waals surface area contributed by atoms with E-state index in [1.165, 1.54) is 6.26 Å². The largest absolute Gasteiger partial charge is 0.323 e. The van der Waals surface area contributed by atoms with Gasteiger partial charge in [0.25, 0.3) is 0 Å². The van der Waals surface area contributed by atoms with E-state index in [2.05, 4.69) is 4.98 Å². The Morgan fingerprint density at radius 3 is 2.76 bits per heavy atom. The summed E-state index contributed by atoms with van der Waals surface area (Å²) in [6.45, 7) is 0. The van der Waals surface area contributed by atoms with Gasteiger partial charge in [-0.25, -0.2) is 8.42 Å². The number of sulfone groups is 1. The number of pyridine rings is 1. The van der Waals surface area contributed by atoms with Gasteiger partial charge in [0.05, 0.1) is 11.3 Å². The van der Waals surface area contributed by atoms with E-state index in [1.54, 1.807) is 6.20 Å². The van der Waals surface area contributed by atoms with E-state index in [4.69, 9.17) is 5.73 Å². The van der Waals surface area contributed by atoms with E-state index in [0.717, 1.165) is 16.5 Å². The van der Waals surface area contributed by atoms with Gasteiger partial charge in [-0.3, -0.25) is 4.98 Å². The lowest BCUT2D eigenvalue weighted by Gasteiger charge is -2.10. The molecule has 2 aromatic rings. The summed E-state index contributed by atoms with van der Waals surface area (Å²) in [5.41, 5.74) is 7.48. The molecule has 0 saturated carbocycles. The van der Waals surface area contributed by atoms with Gasteiger partial charge < -0.3 is 5.73 Å². The first kappa shape index (κ1) is 12.0. The lowest BCUT2D eigenvalue weighted by Crippen LogP contribution is -2.20. The van der Waals surface area contributed by atoms with Crippen molar-refractivity contribution in [1.29, 1.82) is 0 Å². The highest BCUT2D eigenvalue weighted by atomic mass is 32.2. The molecule has 1 atom stereocenters. The summed E-state index contributed by atoms with van der Waals surface area (Å²) in [6, 6.07) is 9.02. The molecular formula is C12H14N2O2S. The zero-order chi connectivity index (χ0) is 12.5. The summed E-state index contributed by atoms with van der Waals surface area (Å²) in [4.78, 5) is 4.26. The Labute approximate surface area is 100 Å². The van der Waals surface area contributed by atoms with Crippen LogP contribution in [0.25, 0.3) is 10.9 Å². The molecular weight excluding hydrogens is 236 g/mol. The normalized spacial score (nSPS) is 13.8. The third-order valence-electron chi connectivity index (χ3n) is 2.52. The predicted molar refractivity (Wildman–Crippen MR) is 68.4 cm³/mol. The smallest absolute Gasteiger partial charge is 0.149 e. The zero-order valence-electron chi connectivity index (χ0n) is 9.50. The Balaban J connectivity index is 2.36. The van der Waals surface area contributed by atoms with Crippen LogP contribution in [0.2, 0.25) is 0 Å². The van der Waals surface area contributed by atoms with E-state index in [0.29, 0.717) is 0 Å². The van der Waals surface area contributed by atoms with Gasteiger partial charge in [0, 0.05) is 23.9 Å². The summed E-state index contributed by atoms with van der Waals surface area (Å²) in [5.74, 6) is -0.0625. The Bertz CT molecular complexity index is 638. The van der Waals surface area contributed by atoms with Crippen LogP contribution < -0.4 is 5.73 Å². The molecule has 0 fully saturated rings. The van der Waals surface area contributed by atoms with Crippen LogP contribution in [0.1, 0.15) is 11.6 Å². The fourth-order valence-corrected chi connectivity index (χ4v) is 2.56. The standard InChI is InChI=1S/C12H14N2O2S/c1-17(15,16)8-11(13)10-6-9-4-2-3-5-12(9)14-7-10/h2-7,11H,8,13H2,1H3. The average Bonchev–Trinajstić information content (AvgIpc) is 2.26. The molecule has 17 heavy (non-hydrogen) atoms. The highest BCUT2D eigenvalue weighted by molar-refractivity contribution is 7.90. The van der Waals surface area contributed by atoms with Gasteiger partial charge in [-0.1, -0.05) is 18.2 Å². The molecule has 0 spiro atoms. The average molecular weight is 250 g/mol. The highest BCUT2D eigenvalue weighted by Crippen LogP contribution is 2.17. The van der Waals surface area contributed by atoms with Crippen molar-refractivity contribution in [2.24, 2.45) is 5.73 Å². The summed E-state index contributed by atoms with van der Waals surface area (Å²) in [6.07, 6.45) is 2.82. The van der Waals surface area contributed by atoms with Gasteiger partial charge in [-0.2, -0.15) is 0 Å². The van der Waals surface area contributed by atoms with Crippen molar-refractivity contribution in [2.45, 2.75) is 6.04 Å². The third-order valence-corrected chi connectivity index (χ3v) is 3.49. The Kier molecular flexibility index (Phi) is 3.13. The monoisotopic (exact) mass is 250 g/mol. The van der Waals surface area contributed by atoms with Gasteiger partial charge in [0.1, 0.15) is 9.84 Å². The Hall–Kier alpha value is -1.46. The van der Waals surface area contributed by atoms with Crippen molar-refractivity contribution in [2.75, 3.05) is 12.0 Å². The number of hydrogen-bond acceptors (Lipinski definition) is 4. The maximum atomic E-state index is 11.2. The molecule has 0 bridgehead atoms. The molecule has 0 aliphatic rings. The summed E-state index contributed by atoms with van der Waals surface area (Å²) in [7, 11) is -3.08. The third kappa shape index (κ3) is 3.01. The van der Waals surface area contributed by atoms with Crippen LogP contribution in [0.4, 0.5) is 0 Å². The van der Waals surface area contributed by atoms with Crippen molar-refractivity contribution in [3.05, 3.63) is 42.1 Å². The van der Waals surface area contributed by atoms with E-state index in [-0.39, 0.29) is 5.75 Å². The topological polar surface area (TPSA) is 73.0 Å². The zero-order valence-corrected chi connectivity index (χ0v) is 10.3.